The molecule has 0 fully saturated rings. The molecule has 5 nitrogen and oxygen atoms in total. The maximum atomic E-state index is 8.40. The van der Waals surface area contributed by atoms with Crippen molar-refractivity contribution in [3.8, 4) is 0 Å². The molecule has 3 N–H and O–H groups in total. The smallest absolute Gasteiger partial charge is 0.366 e. The molecule has 0 atom stereocenters. The zero-order valence-electron chi connectivity index (χ0n) is 6.75. The average Bonchev–Trinajstić information content (AvgIpc) is 2.04. The van der Waals surface area contributed by atoms with Gasteiger partial charge in [-0.05, 0) is 5.56 Å². The second kappa shape index (κ2) is 4.47. The highest BCUT2D eigenvalue weighted by Crippen LogP contribution is 2.02. The second-order valence-electron chi connectivity index (χ2n) is 2.40. The van der Waals surface area contributed by atoms with Crippen LogP contribution >= 0.6 is 0 Å². The standard InChI is InChI=1S/C7H10O5Si/c8-13(9,10)12-11-6-7-4-2-1-3-5-7/h1-5,8-10H,6H2. The molecule has 1 aromatic rings. The van der Waals surface area contributed by atoms with Crippen molar-refractivity contribution in [1.82, 2.24) is 0 Å². The van der Waals surface area contributed by atoms with Crippen LogP contribution in [0.2, 0.25) is 0 Å². The number of hydrogen-bond donors (Lipinski definition) is 3. The Balaban J connectivity index is 2.29. The van der Waals surface area contributed by atoms with Crippen LogP contribution in [0.5, 0.6) is 0 Å². The van der Waals surface area contributed by atoms with Gasteiger partial charge in [-0.25, -0.2) is 4.89 Å². The van der Waals surface area contributed by atoms with E-state index in [0.717, 1.165) is 5.56 Å². The van der Waals surface area contributed by atoms with Gasteiger partial charge in [0, 0.05) is 0 Å². The van der Waals surface area contributed by atoms with Crippen molar-refractivity contribution in [2.45, 2.75) is 6.61 Å². The predicted molar refractivity (Wildman–Crippen MR) is 44.7 cm³/mol. The molecule has 13 heavy (non-hydrogen) atoms. The lowest BCUT2D eigenvalue weighted by Gasteiger charge is -2.08. The SMILES string of the molecule is O[Si](O)(O)OOCc1ccccc1. The van der Waals surface area contributed by atoms with Gasteiger partial charge in [-0.2, -0.15) is 4.58 Å². The van der Waals surface area contributed by atoms with Crippen LogP contribution in [0.3, 0.4) is 0 Å². The molecular weight excluding hydrogens is 192 g/mol. The first-order valence-corrected chi connectivity index (χ1v) is 5.34. The van der Waals surface area contributed by atoms with Gasteiger partial charge in [0.05, 0.1) is 0 Å². The van der Waals surface area contributed by atoms with E-state index in [1.54, 1.807) is 24.3 Å². The van der Waals surface area contributed by atoms with Crippen molar-refractivity contribution < 1.29 is 23.9 Å². The van der Waals surface area contributed by atoms with Crippen LogP contribution < -0.4 is 0 Å². The summed E-state index contributed by atoms with van der Waals surface area (Å²) >= 11 is 0. The Labute approximate surface area is 76.2 Å². The molecule has 0 heterocycles. The van der Waals surface area contributed by atoms with E-state index in [1.807, 2.05) is 6.07 Å². The highest BCUT2D eigenvalue weighted by atomic mass is 28.4. The van der Waals surface area contributed by atoms with Crippen LogP contribution in [-0.4, -0.2) is 23.4 Å². The van der Waals surface area contributed by atoms with Gasteiger partial charge in [0.25, 0.3) is 0 Å². The Morgan fingerprint density at radius 2 is 1.69 bits per heavy atom. The van der Waals surface area contributed by atoms with Gasteiger partial charge in [0.15, 0.2) is 0 Å². The van der Waals surface area contributed by atoms with Crippen LogP contribution in [0, 0.1) is 0 Å². The quantitative estimate of drug-likeness (QED) is 0.350. The van der Waals surface area contributed by atoms with Crippen molar-refractivity contribution in [3.05, 3.63) is 35.9 Å². The lowest BCUT2D eigenvalue weighted by molar-refractivity contribution is -0.270. The molecule has 0 radical (unpaired) electrons. The fraction of sp³-hybridized carbons (Fsp3) is 0.143. The lowest BCUT2D eigenvalue weighted by atomic mass is 10.2. The fourth-order valence-corrected chi connectivity index (χ4v) is 0.968. The van der Waals surface area contributed by atoms with Gasteiger partial charge in [0.2, 0.25) is 0 Å². The maximum absolute atomic E-state index is 8.40. The maximum Gasteiger partial charge on any atom is 0.699 e. The van der Waals surface area contributed by atoms with E-state index in [9.17, 15) is 0 Å². The Bertz CT molecular complexity index is 245. The minimum absolute atomic E-state index is 0.0528. The van der Waals surface area contributed by atoms with Gasteiger partial charge in [-0.3, -0.25) is 0 Å². The normalized spacial score (nSPS) is 11.6. The minimum atomic E-state index is -4.53. The first kappa shape index (κ1) is 10.3. The molecule has 0 aliphatic carbocycles. The van der Waals surface area contributed by atoms with Crippen LogP contribution in [0.15, 0.2) is 30.3 Å². The molecule has 0 spiro atoms. The zero-order chi connectivity index (χ0) is 9.73. The Kier molecular flexibility index (Phi) is 3.55. The molecule has 1 aromatic carbocycles. The van der Waals surface area contributed by atoms with E-state index < -0.39 is 9.05 Å². The van der Waals surface area contributed by atoms with E-state index in [2.05, 4.69) is 9.46 Å². The molecule has 0 unspecified atom stereocenters. The molecular formula is C7H10O5Si. The topological polar surface area (TPSA) is 79.2 Å². The third-order valence-electron chi connectivity index (χ3n) is 1.24. The molecule has 6 heteroatoms. The third-order valence-corrected chi connectivity index (χ3v) is 1.58. The van der Waals surface area contributed by atoms with E-state index in [1.165, 1.54) is 0 Å². The summed E-state index contributed by atoms with van der Waals surface area (Å²) in [5.74, 6) is 0. The van der Waals surface area contributed by atoms with Gasteiger partial charge in [0.1, 0.15) is 6.61 Å². The van der Waals surface area contributed by atoms with Crippen LogP contribution in [0.25, 0.3) is 0 Å². The predicted octanol–water partition coefficient (Wildman–Crippen LogP) is -0.453. The Morgan fingerprint density at radius 1 is 1.08 bits per heavy atom. The summed E-state index contributed by atoms with van der Waals surface area (Å²) < 4.78 is 3.94. The molecule has 0 aliphatic heterocycles. The summed E-state index contributed by atoms with van der Waals surface area (Å²) in [5.41, 5.74) is 0.806. The van der Waals surface area contributed by atoms with E-state index >= 15 is 0 Å². The number of rotatable bonds is 4. The number of benzene rings is 1. The van der Waals surface area contributed by atoms with Crippen molar-refractivity contribution in [1.29, 1.82) is 0 Å². The van der Waals surface area contributed by atoms with Crippen molar-refractivity contribution in [2.75, 3.05) is 0 Å². The van der Waals surface area contributed by atoms with Gasteiger partial charge >= 0.3 is 9.05 Å². The Hall–Kier alpha value is -0.763. The fourth-order valence-electron chi connectivity index (χ4n) is 0.751. The summed E-state index contributed by atoms with van der Waals surface area (Å²) in [4.78, 5) is 29.6. The molecule has 72 valence electrons. The summed E-state index contributed by atoms with van der Waals surface area (Å²) in [5, 5.41) is 0. The van der Waals surface area contributed by atoms with Crippen LogP contribution in [0.1, 0.15) is 5.56 Å². The van der Waals surface area contributed by atoms with E-state index in [4.69, 9.17) is 14.4 Å². The van der Waals surface area contributed by atoms with Gasteiger partial charge < -0.3 is 14.4 Å². The van der Waals surface area contributed by atoms with E-state index in [-0.39, 0.29) is 6.61 Å². The highest BCUT2D eigenvalue weighted by Gasteiger charge is 2.32. The van der Waals surface area contributed by atoms with Crippen LogP contribution in [0.4, 0.5) is 0 Å². The molecule has 0 bridgehead atoms. The summed E-state index contributed by atoms with van der Waals surface area (Å²) in [7, 11) is -4.53. The van der Waals surface area contributed by atoms with Crippen molar-refractivity contribution in [3.63, 3.8) is 0 Å². The molecule has 1 rings (SSSR count). The molecule has 0 aromatic heterocycles. The highest BCUT2D eigenvalue weighted by molar-refractivity contribution is 6.48. The first-order valence-electron chi connectivity index (χ1n) is 3.59. The summed E-state index contributed by atoms with van der Waals surface area (Å²) in [6, 6.07) is 9.01. The summed E-state index contributed by atoms with van der Waals surface area (Å²) in [6.07, 6.45) is 0. The zero-order valence-corrected chi connectivity index (χ0v) is 7.75. The second-order valence-corrected chi connectivity index (χ2v) is 3.72. The monoisotopic (exact) mass is 202 g/mol. The minimum Gasteiger partial charge on any atom is -0.366 e. The first-order chi connectivity index (χ1) is 6.08. The molecule has 0 saturated heterocycles. The molecule has 0 amide bonds. The van der Waals surface area contributed by atoms with Crippen molar-refractivity contribution >= 4 is 9.05 Å². The Morgan fingerprint density at radius 3 is 2.23 bits per heavy atom. The largest absolute Gasteiger partial charge is 0.699 e. The third kappa shape index (κ3) is 4.73. The average molecular weight is 202 g/mol. The molecule has 0 aliphatic rings. The van der Waals surface area contributed by atoms with Gasteiger partial charge in [-0.1, -0.05) is 30.3 Å². The van der Waals surface area contributed by atoms with Crippen LogP contribution in [-0.2, 0) is 16.1 Å². The van der Waals surface area contributed by atoms with E-state index in [0.29, 0.717) is 0 Å². The number of hydrogen-bond acceptors (Lipinski definition) is 5. The summed E-state index contributed by atoms with van der Waals surface area (Å²) in [6.45, 7) is 0.0528. The molecule has 0 saturated carbocycles. The lowest BCUT2D eigenvalue weighted by Crippen LogP contribution is -2.38. The van der Waals surface area contributed by atoms with Gasteiger partial charge in [-0.15, -0.1) is 0 Å². The van der Waals surface area contributed by atoms with Crippen molar-refractivity contribution in [2.24, 2.45) is 0 Å².